The van der Waals surface area contributed by atoms with Gasteiger partial charge in [0.2, 0.25) is 0 Å². The van der Waals surface area contributed by atoms with Crippen molar-refractivity contribution in [3.05, 3.63) is 86.1 Å². The third-order valence-electron chi connectivity index (χ3n) is 4.45. The van der Waals surface area contributed by atoms with Gasteiger partial charge in [0.05, 0.1) is 32.9 Å². The van der Waals surface area contributed by atoms with Crippen molar-refractivity contribution in [1.29, 1.82) is 0 Å². The molecule has 0 saturated carbocycles. The smallest absolute Gasteiger partial charge is 0.335 e. The van der Waals surface area contributed by atoms with E-state index in [1.165, 1.54) is 30.3 Å². The number of ether oxygens (including phenoxy) is 2. The zero-order valence-electron chi connectivity index (χ0n) is 16.9. The lowest BCUT2D eigenvalue weighted by Gasteiger charge is -2.16. The van der Waals surface area contributed by atoms with Crippen LogP contribution >= 0.6 is 34.8 Å². The number of hydrogen-bond donors (Lipinski definition) is 2. The van der Waals surface area contributed by atoms with Gasteiger partial charge in [0.15, 0.2) is 11.5 Å². The lowest BCUT2D eigenvalue weighted by Crippen LogP contribution is -2.05. The molecule has 0 aromatic heterocycles. The Bertz CT molecular complexity index is 1140. The van der Waals surface area contributed by atoms with Gasteiger partial charge in [-0.25, -0.2) is 9.18 Å². The number of carboxylic acids is 1. The van der Waals surface area contributed by atoms with Gasteiger partial charge in [-0.3, -0.25) is 0 Å². The van der Waals surface area contributed by atoms with Gasteiger partial charge < -0.3 is 19.9 Å². The highest BCUT2D eigenvalue weighted by Gasteiger charge is 2.15. The number of carbonyl (C=O) groups is 1. The monoisotopic (exact) mass is 497 g/mol. The van der Waals surface area contributed by atoms with E-state index >= 15 is 0 Å². The van der Waals surface area contributed by atoms with Crippen LogP contribution in [0.15, 0.2) is 48.5 Å². The third kappa shape index (κ3) is 5.97. The summed E-state index contributed by atoms with van der Waals surface area (Å²) < 4.78 is 24.8. The molecule has 5 nitrogen and oxygen atoms in total. The minimum absolute atomic E-state index is 0.0775. The van der Waals surface area contributed by atoms with Crippen LogP contribution in [0.1, 0.15) is 28.4 Å². The largest absolute Gasteiger partial charge is 0.490 e. The molecule has 0 heterocycles. The summed E-state index contributed by atoms with van der Waals surface area (Å²) in [4.78, 5) is 11.2. The molecule has 0 spiro atoms. The number of anilines is 1. The summed E-state index contributed by atoms with van der Waals surface area (Å²) in [6.45, 7) is 2.60. The fourth-order valence-electron chi connectivity index (χ4n) is 2.91. The minimum atomic E-state index is -1.05. The SMILES string of the molecule is CCOc1cc(CNc2cc(C(=O)O)ccc2Cl)cc(Cl)c1OCc1ccc(F)cc1Cl. The highest BCUT2D eigenvalue weighted by Crippen LogP contribution is 2.38. The van der Waals surface area contributed by atoms with Crippen LogP contribution in [0.5, 0.6) is 11.5 Å². The summed E-state index contributed by atoms with van der Waals surface area (Å²) in [5.41, 5.74) is 1.97. The summed E-state index contributed by atoms with van der Waals surface area (Å²) >= 11 is 18.7. The zero-order chi connectivity index (χ0) is 23.3. The molecule has 3 aromatic rings. The van der Waals surface area contributed by atoms with E-state index in [0.29, 0.717) is 45.9 Å². The van der Waals surface area contributed by atoms with Crippen LogP contribution in [-0.4, -0.2) is 17.7 Å². The molecule has 168 valence electrons. The van der Waals surface area contributed by atoms with E-state index in [0.717, 1.165) is 5.56 Å². The van der Waals surface area contributed by atoms with Crippen molar-refractivity contribution in [1.82, 2.24) is 0 Å². The van der Waals surface area contributed by atoms with Crippen molar-refractivity contribution in [3.8, 4) is 11.5 Å². The first kappa shape index (κ1) is 24.0. The molecule has 0 aliphatic rings. The van der Waals surface area contributed by atoms with Gasteiger partial charge in [-0.15, -0.1) is 0 Å². The Balaban J connectivity index is 1.79. The average molecular weight is 499 g/mol. The first-order chi connectivity index (χ1) is 15.3. The summed E-state index contributed by atoms with van der Waals surface area (Å²) in [5.74, 6) is -0.712. The molecule has 3 aromatic carbocycles. The van der Waals surface area contributed by atoms with E-state index < -0.39 is 11.8 Å². The maximum absolute atomic E-state index is 13.3. The number of hydrogen-bond acceptors (Lipinski definition) is 4. The van der Waals surface area contributed by atoms with Crippen molar-refractivity contribution >= 4 is 46.5 Å². The molecule has 0 radical (unpaired) electrons. The van der Waals surface area contributed by atoms with Crippen LogP contribution in [0.25, 0.3) is 0 Å². The molecule has 0 saturated heterocycles. The molecule has 0 unspecified atom stereocenters. The number of benzene rings is 3. The van der Waals surface area contributed by atoms with Crippen molar-refractivity contribution < 1.29 is 23.8 Å². The Labute approximate surface area is 199 Å². The third-order valence-corrected chi connectivity index (χ3v) is 5.41. The number of rotatable bonds is 9. The van der Waals surface area contributed by atoms with Gasteiger partial charge in [-0.1, -0.05) is 40.9 Å². The van der Waals surface area contributed by atoms with Crippen LogP contribution in [0.2, 0.25) is 15.1 Å². The molecular formula is C23H19Cl3FNO4. The van der Waals surface area contributed by atoms with E-state index in [1.807, 2.05) is 6.92 Å². The maximum Gasteiger partial charge on any atom is 0.335 e. The maximum atomic E-state index is 13.3. The fourth-order valence-corrected chi connectivity index (χ4v) is 3.60. The molecule has 0 fully saturated rings. The van der Waals surface area contributed by atoms with Crippen LogP contribution in [0, 0.1) is 5.82 Å². The Morgan fingerprint density at radius 2 is 1.78 bits per heavy atom. The fraction of sp³-hybridized carbons (Fsp3) is 0.174. The lowest BCUT2D eigenvalue weighted by atomic mass is 10.1. The molecule has 9 heteroatoms. The number of halogens is 4. The van der Waals surface area contributed by atoms with Crippen molar-refractivity contribution in [2.24, 2.45) is 0 Å². The van der Waals surface area contributed by atoms with Crippen molar-refractivity contribution in [3.63, 3.8) is 0 Å². The van der Waals surface area contributed by atoms with Gasteiger partial charge >= 0.3 is 5.97 Å². The van der Waals surface area contributed by atoms with Crippen LogP contribution in [0.3, 0.4) is 0 Å². The Morgan fingerprint density at radius 1 is 1.00 bits per heavy atom. The average Bonchev–Trinajstić information content (AvgIpc) is 2.74. The van der Waals surface area contributed by atoms with E-state index in [-0.39, 0.29) is 17.2 Å². The van der Waals surface area contributed by atoms with Gasteiger partial charge in [0.1, 0.15) is 12.4 Å². The molecule has 0 amide bonds. The molecule has 32 heavy (non-hydrogen) atoms. The number of nitrogens with one attached hydrogen (secondary N) is 1. The number of aromatic carboxylic acids is 1. The quantitative estimate of drug-likeness (QED) is 0.330. The molecular weight excluding hydrogens is 480 g/mol. The second-order valence-corrected chi connectivity index (χ2v) is 7.94. The predicted molar refractivity (Wildman–Crippen MR) is 124 cm³/mol. The van der Waals surface area contributed by atoms with Gasteiger partial charge in [-0.2, -0.15) is 0 Å². The first-order valence-electron chi connectivity index (χ1n) is 9.57. The summed E-state index contributed by atoms with van der Waals surface area (Å²) in [5, 5.41) is 13.2. The van der Waals surface area contributed by atoms with Gasteiger partial charge in [0.25, 0.3) is 0 Å². The van der Waals surface area contributed by atoms with Crippen LogP contribution in [-0.2, 0) is 13.2 Å². The minimum Gasteiger partial charge on any atom is -0.490 e. The zero-order valence-corrected chi connectivity index (χ0v) is 19.2. The number of carboxylic acid groups (broad SMARTS) is 1. The van der Waals surface area contributed by atoms with Crippen LogP contribution < -0.4 is 14.8 Å². The van der Waals surface area contributed by atoms with Gasteiger partial charge in [0, 0.05) is 12.1 Å². The van der Waals surface area contributed by atoms with E-state index in [2.05, 4.69) is 5.32 Å². The van der Waals surface area contributed by atoms with Crippen molar-refractivity contribution in [2.75, 3.05) is 11.9 Å². The Kier molecular flexibility index (Phi) is 8.07. The lowest BCUT2D eigenvalue weighted by molar-refractivity contribution is 0.0697. The molecule has 2 N–H and O–H groups in total. The highest BCUT2D eigenvalue weighted by atomic mass is 35.5. The van der Waals surface area contributed by atoms with E-state index in [1.54, 1.807) is 18.2 Å². The second kappa shape index (κ2) is 10.8. The highest BCUT2D eigenvalue weighted by molar-refractivity contribution is 6.33. The first-order valence-corrected chi connectivity index (χ1v) is 10.7. The summed E-state index contributed by atoms with van der Waals surface area (Å²) in [7, 11) is 0. The summed E-state index contributed by atoms with van der Waals surface area (Å²) in [6, 6.07) is 11.9. The van der Waals surface area contributed by atoms with Crippen LogP contribution in [0.4, 0.5) is 10.1 Å². The normalized spacial score (nSPS) is 10.7. The Hall–Kier alpha value is -2.67. The van der Waals surface area contributed by atoms with Crippen molar-refractivity contribution in [2.45, 2.75) is 20.1 Å². The molecule has 0 aliphatic heterocycles. The topological polar surface area (TPSA) is 67.8 Å². The van der Waals surface area contributed by atoms with E-state index in [9.17, 15) is 9.18 Å². The van der Waals surface area contributed by atoms with E-state index in [4.69, 9.17) is 49.4 Å². The molecule has 0 bridgehead atoms. The molecule has 0 atom stereocenters. The standard InChI is InChI=1S/C23H19Cl3FNO4/c1-2-31-21-8-13(11-28-20-9-14(23(29)30)4-6-17(20)24)7-19(26)22(21)32-12-15-3-5-16(27)10-18(15)25/h3-10,28H,2,11-12H2,1H3,(H,29,30). The van der Waals surface area contributed by atoms with Gasteiger partial charge in [-0.05, 0) is 55.0 Å². The molecule has 0 aliphatic carbocycles. The molecule has 3 rings (SSSR count). The second-order valence-electron chi connectivity index (χ2n) is 6.72. The predicted octanol–water partition coefficient (Wildman–Crippen LogP) is 7.07. The summed E-state index contributed by atoms with van der Waals surface area (Å²) in [6.07, 6.45) is 0. The Morgan fingerprint density at radius 3 is 2.47 bits per heavy atom.